The molecule has 0 atom stereocenters. The molecule has 3 aliphatic heterocycles. The summed E-state index contributed by atoms with van der Waals surface area (Å²) in [7, 11) is -7.41. The second-order valence-corrected chi connectivity index (χ2v) is 15.4. The molecule has 176 valence electrons. The van der Waals surface area contributed by atoms with Crippen LogP contribution in [0.4, 0.5) is 0 Å². The third kappa shape index (κ3) is 7.74. The molecule has 0 N–H and O–H groups in total. The second-order valence-electron chi connectivity index (χ2n) is 8.62. The van der Waals surface area contributed by atoms with Crippen LogP contribution in [0.15, 0.2) is 0 Å². The van der Waals surface area contributed by atoms with Gasteiger partial charge in [-0.3, -0.25) is 9.80 Å². The van der Waals surface area contributed by atoms with Gasteiger partial charge in [-0.15, -0.1) is 0 Å². The van der Waals surface area contributed by atoms with E-state index in [1.54, 1.807) is 0 Å². The lowest BCUT2D eigenvalue weighted by molar-refractivity contribution is -1.03. The Morgan fingerprint density at radius 3 is 1.17 bits per heavy atom. The molecule has 0 radical (unpaired) electrons. The van der Waals surface area contributed by atoms with Crippen LogP contribution < -0.4 is 0 Å². The van der Waals surface area contributed by atoms with Crippen LogP contribution in [0, 0.1) is 0 Å². The first-order valence-electron chi connectivity index (χ1n) is 10.3. The highest BCUT2D eigenvalue weighted by atomic mass is 33.2. The number of quaternary nitrogens is 2. The normalized spacial score (nSPS) is 25.7. The Bertz CT molecular complexity index is 700. The Kier molecular flexibility index (Phi) is 8.41. The molecule has 2 spiro atoms. The SMILES string of the molecule is O=S(=O)([O-])SCCN1CC[N+]2(CC1)CC[N+]1(CCN(CCSS(=O)(=O)[O-])CC1)CC2. The lowest BCUT2D eigenvalue weighted by atomic mass is 10.1. The predicted octanol–water partition coefficient (Wildman–Crippen LogP) is -1.35. The maximum atomic E-state index is 10.7. The first kappa shape index (κ1) is 25.0. The number of hydrogen-bond acceptors (Lipinski definition) is 10. The van der Waals surface area contributed by atoms with Crippen LogP contribution in [0.3, 0.4) is 0 Å². The van der Waals surface area contributed by atoms with Crippen molar-refractivity contribution in [2.45, 2.75) is 0 Å². The summed E-state index contributed by atoms with van der Waals surface area (Å²) in [6, 6.07) is 0. The molecule has 0 aromatic rings. The van der Waals surface area contributed by atoms with Crippen molar-refractivity contribution in [3.05, 3.63) is 0 Å². The molecule has 0 unspecified atom stereocenters. The standard InChI is InChI=1S/C16H32N4O6S4/c21-29(22,23)27-15-5-17-1-7-19(8-2-17)11-13-20(14-12-19)9-3-18(4-10-20)6-16-28-30(24,25)26/h1-16H2. The zero-order valence-corrected chi connectivity index (χ0v) is 20.5. The van der Waals surface area contributed by atoms with Gasteiger partial charge in [-0.2, -0.15) is 0 Å². The summed E-state index contributed by atoms with van der Waals surface area (Å²) >= 11 is 0. The van der Waals surface area contributed by atoms with Gasteiger partial charge < -0.3 is 18.1 Å². The van der Waals surface area contributed by atoms with Crippen LogP contribution in [0.25, 0.3) is 0 Å². The van der Waals surface area contributed by atoms with Crippen LogP contribution >= 0.6 is 21.6 Å². The fourth-order valence-electron chi connectivity index (χ4n) is 4.81. The fraction of sp³-hybridized carbons (Fsp3) is 1.00. The molecule has 3 heterocycles. The molecule has 0 aliphatic carbocycles. The number of piperazine rings is 3. The maximum Gasteiger partial charge on any atom is 0.149 e. The Balaban J connectivity index is 1.36. The van der Waals surface area contributed by atoms with Crippen molar-refractivity contribution in [3.63, 3.8) is 0 Å². The van der Waals surface area contributed by atoms with Crippen LogP contribution in [0.1, 0.15) is 0 Å². The number of nitrogens with zero attached hydrogens (tertiary/aromatic N) is 4. The molecule has 3 aliphatic rings. The molecule has 30 heavy (non-hydrogen) atoms. The van der Waals surface area contributed by atoms with Crippen molar-refractivity contribution in [3.8, 4) is 0 Å². The van der Waals surface area contributed by atoms with Crippen molar-refractivity contribution >= 4 is 39.9 Å². The average Bonchev–Trinajstić information content (AvgIpc) is 2.66. The second kappa shape index (κ2) is 10.1. The van der Waals surface area contributed by atoms with E-state index in [2.05, 4.69) is 9.80 Å². The van der Waals surface area contributed by atoms with Gasteiger partial charge >= 0.3 is 0 Å². The monoisotopic (exact) mass is 504 g/mol. The third-order valence-electron chi connectivity index (χ3n) is 6.93. The molecule has 3 fully saturated rings. The highest BCUT2D eigenvalue weighted by Crippen LogP contribution is 2.24. The molecule has 0 amide bonds. The van der Waals surface area contributed by atoms with Gasteiger partial charge in [0.1, 0.15) is 44.5 Å². The van der Waals surface area contributed by atoms with Gasteiger partial charge in [0.25, 0.3) is 0 Å². The van der Waals surface area contributed by atoms with E-state index in [-0.39, 0.29) is 0 Å². The van der Waals surface area contributed by atoms with Crippen LogP contribution in [0.2, 0.25) is 0 Å². The molecule has 3 rings (SSSR count). The van der Waals surface area contributed by atoms with Gasteiger partial charge in [0, 0.05) is 50.8 Å². The van der Waals surface area contributed by atoms with E-state index in [1.807, 2.05) is 0 Å². The molecule has 10 nitrogen and oxygen atoms in total. The Hall–Kier alpha value is 0.360. The third-order valence-corrected chi connectivity index (χ3v) is 10.9. The van der Waals surface area contributed by atoms with Gasteiger partial charge in [0.15, 0.2) is 0 Å². The molecule has 14 heteroatoms. The van der Waals surface area contributed by atoms with Crippen LogP contribution in [-0.2, 0) is 18.3 Å². The summed E-state index contributed by atoms with van der Waals surface area (Å²) in [6.07, 6.45) is 0. The van der Waals surface area contributed by atoms with E-state index < -0.39 is 18.3 Å². The first-order valence-corrected chi connectivity index (χ1v) is 16.2. The lowest BCUT2D eigenvalue weighted by Gasteiger charge is -2.54. The molecule has 0 bridgehead atoms. The van der Waals surface area contributed by atoms with E-state index in [0.717, 1.165) is 61.3 Å². The predicted molar refractivity (Wildman–Crippen MR) is 117 cm³/mol. The Labute approximate surface area is 187 Å². The van der Waals surface area contributed by atoms with Gasteiger partial charge in [-0.25, -0.2) is 16.8 Å². The van der Waals surface area contributed by atoms with Crippen LogP contribution in [-0.4, -0.2) is 148 Å². The highest BCUT2D eigenvalue weighted by Gasteiger charge is 2.44. The van der Waals surface area contributed by atoms with E-state index in [0.29, 0.717) is 46.2 Å². The summed E-state index contributed by atoms with van der Waals surface area (Å²) in [4.78, 5) is 4.53. The quantitative estimate of drug-likeness (QED) is 0.223. The smallest absolute Gasteiger partial charge is 0.149 e. The summed E-state index contributed by atoms with van der Waals surface area (Å²) in [5.74, 6) is 0.670. The fourth-order valence-corrected chi connectivity index (χ4v) is 7.56. The molecule has 0 aromatic heterocycles. The molecular formula is C16H32N4O6S4. The van der Waals surface area contributed by atoms with Crippen molar-refractivity contribution in [1.29, 1.82) is 0 Å². The van der Waals surface area contributed by atoms with Crippen molar-refractivity contribution in [2.75, 3.05) is 103 Å². The lowest BCUT2D eigenvalue weighted by Crippen LogP contribution is -2.73. The maximum absolute atomic E-state index is 10.7. The van der Waals surface area contributed by atoms with Gasteiger partial charge in [-0.1, -0.05) is 0 Å². The van der Waals surface area contributed by atoms with Crippen molar-refractivity contribution in [2.24, 2.45) is 0 Å². The van der Waals surface area contributed by atoms with Crippen molar-refractivity contribution in [1.82, 2.24) is 9.80 Å². The van der Waals surface area contributed by atoms with Crippen LogP contribution in [0.5, 0.6) is 0 Å². The highest BCUT2D eigenvalue weighted by molar-refractivity contribution is 8.70. The average molecular weight is 505 g/mol. The van der Waals surface area contributed by atoms with Gasteiger partial charge in [-0.05, 0) is 21.6 Å². The molecule has 0 aromatic carbocycles. The molecule has 0 saturated carbocycles. The molecule has 3 saturated heterocycles. The summed E-state index contributed by atoms with van der Waals surface area (Å²) < 4.78 is 66.6. The Morgan fingerprint density at radius 1 is 0.600 bits per heavy atom. The van der Waals surface area contributed by atoms with Gasteiger partial charge in [0.2, 0.25) is 0 Å². The first-order chi connectivity index (χ1) is 14.0. The van der Waals surface area contributed by atoms with E-state index in [9.17, 15) is 25.9 Å². The topological polar surface area (TPSA) is 121 Å². The summed E-state index contributed by atoms with van der Waals surface area (Å²) in [6.45, 7) is 14.1. The largest absolute Gasteiger partial charge is 0.739 e. The Morgan fingerprint density at radius 2 is 0.900 bits per heavy atom. The number of rotatable bonds is 8. The number of hydrogen-bond donors (Lipinski definition) is 0. The zero-order chi connectivity index (χ0) is 21.9. The van der Waals surface area contributed by atoms with E-state index >= 15 is 0 Å². The minimum Gasteiger partial charge on any atom is -0.739 e. The summed E-state index contributed by atoms with van der Waals surface area (Å²) in [5.41, 5.74) is 0. The van der Waals surface area contributed by atoms with E-state index in [4.69, 9.17) is 0 Å². The minimum absolute atomic E-state index is 0.335. The van der Waals surface area contributed by atoms with Gasteiger partial charge in [0.05, 0.1) is 26.2 Å². The summed E-state index contributed by atoms with van der Waals surface area (Å²) in [5, 5.41) is 0. The van der Waals surface area contributed by atoms with E-state index in [1.165, 1.54) is 26.2 Å². The minimum atomic E-state index is -4.19. The molecular weight excluding hydrogens is 472 g/mol. The van der Waals surface area contributed by atoms with Crippen molar-refractivity contribution < 1.29 is 34.9 Å². The zero-order valence-electron chi connectivity index (χ0n) is 17.2.